The lowest BCUT2D eigenvalue weighted by molar-refractivity contribution is -0.129. The third-order valence-electron chi connectivity index (χ3n) is 3.93. The molecule has 0 saturated heterocycles. The molecule has 6 nitrogen and oxygen atoms in total. The molecule has 0 fully saturated rings. The number of thioether (sulfide) groups is 1. The molecular weight excluding hydrogens is 348 g/mol. The molecule has 0 N–H and O–H groups in total. The Bertz CT molecular complexity index is 790. The Kier molecular flexibility index (Phi) is 7.41. The Labute approximate surface area is 158 Å². The van der Waals surface area contributed by atoms with Crippen LogP contribution in [0, 0.1) is 6.92 Å². The van der Waals surface area contributed by atoms with Crippen LogP contribution in [0.1, 0.15) is 11.3 Å². The Balaban J connectivity index is 2.07. The summed E-state index contributed by atoms with van der Waals surface area (Å²) in [6, 6.07) is 11.5. The van der Waals surface area contributed by atoms with E-state index in [0.29, 0.717) is 23.9 Å². The van der Waals surface area contributed by atoms with E-state index in [4.69, 9.17) is 0 Å². The number of amides is 1. The van der Waals surface area contributed by atoms with E-state index in [-0.39, 0.29) is 17.2 Å². The Morgan fingerprint density at radius 3 is 2.54 bits per heavy atom. The van der Waals surface area contributed by atoms with Crippen molar-refractivity contribution in [2.24, 2.45) is 7.05 Å². The van der Waals surface area contributed by atoms with E-state index in [9.17, 15) is 9.59 Å². The van der Waals surface area contributed by atoms with Gasteiger partial charge in [0.1, 0.15) is 0 Å². The van der Waals surface area contributed by atoms with Gasteiger partial charge in [-0.2, -0.15) is 0 Å². The van der Waals surface area contributed by atoms with E-state index in [1.165, 1.54) is 22.4 Å². The average Bonchev–Trinajstić information content (AvgIpc) is 2.60. The van der Waals surface area contributed by atoms with Crippen LogP contribution in [0.2, 0.25) is 0 Å². The molecule has 26 heavy (non-hydrogen) atoms. The van der Waals surface area contributed by atoms with E-state index in [2.05, 4.69) is 9.88 Å². The first-order valence-electron chi connectivity index (χ1n) is 8.50. The highest BCUT2D eigenvalue weighted by molar-refractivity contribution is 7.99. The van der Waals surface area contributed by atoms with Gasteiger partial charge < -0.3 is 9.80 Å². The molecule has 0 bridgehead atoms. The zero-order valence-corrected chi connectivity index (χ0v) is 16.6. The molecule has 2 aromatic rings. The lowest BCUT2D eigenvalue weighted by Crippen LogP contribution is -2.37. The summed E-state index contributed by atoms with van der Waals surface area (Å²) in [5.41, 5.74) is 1.66. The van der Waals surface area contributed by atoms with Crippen molar-refractivity contribution < 1.29 is 4.79 Å². The number of aryl methyl sites for hydroxylation is 1. The number of benzene rings is 1. The molecule has 0 spiro atoms. The van der Waals surface area contributed by atoms with Gasteiger partial charge in [0, 0.05) is 38.4 Å². The van der Waals surface area contributed by atoms with E-state index < -0.39 is 0 Å². The van der Waals surface area contributed by atoms with Crippen molar-refractivity contribution in [2.45, 2.75) is 18.6 Å². The zero-order chi connectivity index (χ0) is 19.1. The summed E-state index contributed by atoms with van der Waals surface area (Å²) in [7, 11) is 5.66. The first kappa shape index (κ1) is 20.2. The molecule has 0 unspecified atom stereocenters. The van der Waals surface area contributed by atoms with Gasteiger partial charge in [0.2, 0.25) is 5.91 Å². The molecular formula is C19H26N4O2S. The van der Waals surface area contributed by atoms with Crippen LogP contribution in [0.4, 0.5) is 0 Å². The van der Waals surface area contributed by atoms with Crippen molar-refractivity contribution in [3.63, 3.8) is 0 Å². The van der Waals surface area contributed by atoms with Crippen LogP contribution in [0.25, 0.3) is 0 Å². The van der Waals surface area contributed by atoms with E-state index in [1.54, 1.807) is 14.0 Å². The number of likely N-dealkylation sites (N-methyl/N-ethyl adjacent to an activating group) is 1. The molecule has 0 atom stereocenters. The number of aromatic nitrogens is 2. The number of hydrogen-bond donors (Lipinski definition) is 0. The Morgan fingerprint density at radius 2 is 1.88 bits per heavy atom. The first-order chi connectivity index (χ1) is 12.4. The summed E-state index contributed by atoms with van der Waals surface area (Å²) in [6.07, 6.45) is 0. The van der Waals surface area contributed by atoms with E-state index >= 15 is 0 Å². The highest BCUT2D eigenvalue weighted by Crippen LogP contribution is 2.15. The number of carbonyl (C=O) groups excluding carboxylic acids is 1. The second kappa shape index (κ2) is 9.54. The SMILES string of the molecule is Cc1cc(=O)n(C)c(SCC(=O)N(CCN(C)C)Cc2ccccc2)n1. The molecule has 2 rings (SSSR count). The van der Waals surface area contributed by atoms with Crippen molar-refractivity contribution in [3.05, 3.63) is 58.0 Å². The minimum atomic E-state index is -0.110. The van der Waals surface area contributed by atoms with Gasteiger partial charge in [-0.05, 0) is 26.6 Å². The zero-order valence-electron chi connectivity index (χ0n) is 15.8. The van der Waals surface area contributed by atoms with Crippen LogP contribution in [-0.2, 0) is 18.4 Å². The fraction of sp³-hybridized carbons (Fsp3) is 0.421. The largest absolute Gasteiger partial charge is 0.336 e. The van der Waals surface area contributed by atoms with Gasteiger partial charge in [-0.25, -0.2) is 4.98 Å². The summed E-state index contributed by atoms with van der Waals surface area (Å²) < 4.78 is 1.48. The standard InChI is InChI=1S/C19H26N4O2S/c1-15-12-17(24)22(4)19(20-15)26-14-18(25)23(11-10-21(2)3)13-16-8-6-5-7-9-16/h5-9,12H,10-11,13-14H2,1-4H3. The lowest BCUT2D eigenvalue weighted by atomic mass is 10.2. The fourth-order valence-corrected chi connectivity index (χ4v) is 3.32. The summed E-state index contributed by atoms with van der Waals surface area (Å²) in [5, 5.41) is 0.565. The van der Waals surface area contributed by atoms with Gasteiger partial charge >= 0.3 is 0 Å². The summed E-state index contributed by atoms with van der Waals surface area (Å²) >= 11 is 1.30. The minimum absolute atomic E-state index is 0.0384. The third kappa shape index (κ3) is 6.00. The predicted octanol–water partition coefficient (Wildman–Crippen LogP) is 1.77. The van der Waals surface area contributed by atoms with Gasteiger partial charge in [0.15, 0.2) is 5.16 Å². The maximum atomic E-state index is 12.8. The average molecular weight is 375 g/mol. The maximum Gasteiger partial charge on any atom is 0.254 e. The van der Waals surface area contributed by atoms with Crippen molar-refractivity contribution in [2.75, 3.05) is 32.9 Å². The number of hydrogen-bond acceptors (Lipinski definition) is 5. The summed E-state index contributed by atoms with van der Waals surface area (Å²) in [4.78, 5) is 32.9. The molecule has 1 amide bonds. The van der Waals surface area contributed by atoms with Crippen LogP contribution >= 0.6 is 11.8 Å². The maximum absolute atomic E-state index is 12.8. The van der Waals surface area contributed by atoms with Gasteiger partial charge in [0.25, 0.3) is 5.56 Å². The normalized spacial score (nSPS) is 11.0. The van der Waals surface area contributed by atoms with Crippen LogP contribution in [0.5, 0.6) is 0 Å². The van der Waals surface area contributed by atoms with Gasteiger partial charge in [-0.15, -0.1) is 0 Å². The molecule has 7 heteroatoms. The van der Waals surface area contributed by atoms with Crippen LogP contribution in [-0.4, -0.2) is 58.2 Å². The van der Waals surface area contributed by atoms with Gasteiger partial charge in [-0.3, -0.25) is 14.2 Å². The number of nitrogens with zero attached hydrogens (tertiary/aromatic N) is 4. The van der Waals surface area contributed by atoms with Crippen LogP contribution < -0.4 is 5.56 Å². The lowest BCUT2D eigenvalue weighted by Gasteiger charge is -2.24. The molecule has 0 aliphatic rings. The summed E-state index contributed by atoms with van der Waals surface area (Å²) in [5.74, 6) is 0.292. The predicted molar refractivity (Wildman–Crippen MR) is 105 cm³/mol. The van der Waals surface area contributed by atoms with Crippen LogP contribution in [0.3, 0.4) is 0 Å². The van der Waals surface area contributed by atoms with Gasteiger partial charge in [-0.1, -0.05) is 42.1 Å². The highest BCUT2D eigenvalue weighted by atomic mass is 32.2. The molecule has 0 aliphatic carbocycles. The number of rotatable bonds is 8. The van der Waals surface area contributed by atoms with E-state index in [0.717, 1.165) is 12.1 Å². The van der Waals surface area contributed by atoms with Crippen LogP contribution in [0.15, 0.2) is 46.3 Å². The van der Waals surface area contributed by atoms with Crippen molar-refractivity contribution in [1.82, 2.24) is 19.4 Å². The van der Waals surface area contributed by atoms with E-state index in [1.807, 2.05) is 49.3 Å². The number of carbonyl (C=O) groups is 1. The van der Waals surface area contributed by atoms with Crippen molar-refractivity contribution >= 4 is 17.7 Å². The molecule has 140 valence electrons. The molecule has 1 aromatic carbocycles. The monoisotopic (exact) mass is 374 g/mol. The molecule has 1 aromatic heterocycles. The van der Waals surface area contributed by atoms with Crippen molar-refractivity contribution in [3.8, 4) is 0 Å². The quantitative estimate of drug-likeness (QED) is 0.521. The minimum Gasteiger partial charge on any atom is -0.336 e. The second-order valence-corrected chi connectivity index (χ2v) is 7.41. The molecule has 0 saturated carbocycles. The van der Waals surface area contributed by atoms with Gasteiger partial charge in [0.05, 0.1) is 5.75 Å². The van der Waals surface area contributed by atoms with Crippen molar-refractivity contribution in [1.29, 1.82) is 0 Å². The molecule has 0 radical (unpaired) electrons. The topological polar surface area (TPSA) is 58.4 Å². The Hall–Kier alpha value is -2.12. The molecule has 0 aliphatic heterocycles. The highest BCUT2D eigenvalue weighted by Gasteiger charge is 2.16. The smallest absolute Gasteiger partial charge is 0.254 e. The third-order valence-corrected chi connectivity index (χ3v) is 4.95. The fourth-order valence-electron chi connectivity index (χ4n) is 2.39. The second-order valence-electron chi connectivity index (χ2n) is 6.47. The first-order valence-corrected chi connectivity index (χ1v) is 9.49. The molecule has 1 heterocycles. The Morgan fingerprint density at radius 1 is 1.19 bits per heavy atom. The summed E-state index contributed by atoms with van der Waals surface area (Å²) in [6.45, 7) is 3.81.